The lowest BCUT2D eigenvalue weighted by Crippen LogP contribution is -2.19. The zero-order chi connectivity index (χ0) is 18.8. The molecule has 0 spiro atoms. The summed E-state index contributed by atoms with van der Waals surface area (Å²) in [5.74, 6) is -0.429. The van der Waals surface area contributed by atoms with Crippen LogP contribution in [0.1, 0.15) is 10.4 Å². The number of nitrogens with one attached hydrogen (secondary N) is 2. The molecule has 0 atom stereocenters. The quantitative estimate of drug-likeness (QED) is 0.683. The molecule has 1 heterocycles. The molecule has 0 fully saturated rings. The van der Waals surface area contributed by atoms with Crippen molar-refractivity contribution in [3.8, 4) is 5.75 Å². The second-order valence-electron chi connectivity index (χ2n) is 5.41. The first-order valence-corrected chi connectivity index (χ1v) is 7.85. The minimum absolute atomic E-state index is 0.00729. The summed E-state index contributed by atoms with van der Waals surface area (Å²) in [7, 11) is 1.56. The number of rotatable bonds is 4. The second kappa shape index (κ2) is 7.04. The van der Waals surface area contributed by atoms with Crippen molar-refractivity contribution < 1.29 is 18.3 Å². The van der Waals surface area contributed by atoms with Crippen LogP contribution in [0, 0.1) is 4.77 Å². The van der Waals surface area contributed by atoms with Crippen LogP contribution in [-0.2, 0) is 7.05 Å². The molecule has 0 saturated heterocycles. The third-order valence-electron chi connectivity index (χ3n) is 3.70. The number of aromatic nitrogens is 2. The second-order valence-corrected chi connectivity index (χ2v) is 5.80. The van der Waals surface area contributed by atoms with Crippen LogP contribution in [0.25, 0.3) is 10.9 Å². The predicted octanol–water partition coefficient (Wildman–Crippen LogP) is 3.45. The molecule has 1 amide bonds. The molecular weight excluding hydrogens is 364 g/mol. The number of amides is 1. The van der Waals surface area contributed by atoms with E-state index in [9.17, 15) is 18.4 Å². The lowest BCUT2D eigenvalue weighted by Gasteiger charge is -2.08. The van der Waals surface area contributed by atoms with Crippen molar-refractivity contribution in [1.29, 1.82) is 0 Å². The SMILES string of the molecule is Cn1c(=S)[nH]c2cc(C(=O)Nc3ccc(OC(F)F)cc3)ccc2c1=O. The van der Waals surface area contributed by atoms with Crippen LogP contribution in [0.4, 0.5) is 14.5 Å². The Morgan fingerprint density at radius 2 is 1.92 bits per heavy atom. The first-order chi connectivity index (χ1) is 12.3. The van der Waals surface area contributed by atoms with Gasteiger partial charge in [-0.1, -0.05) is 0 Å². The molecule has 0 radical (unpaired) electrons. The fourth-order valence-corrected chi connectivity index (χ4v) is 2.56. The number of halogens is 2. The lowest BCUT2D eigenvalue weighted by atomic mass is 10.1. The molecule has 3 rings (SSSR count). The van der Waals surface area contributed by atoms with E-state index in [0.29, 0.717) is 22.2 Å². The van der Waals surface area contributed by atoms with Gasteiger partial charge in [0.05, 0.1) is 10.9 Å². The highest BCUT2D eigenvalue weighted by Crippen LogP contribution is 2.19. The Balaban J connectivity index is 1.85. The molecule has 2 N–H and O–H groups in total. The number of benzene rings is 2. The first kappa shape index (κ1) is 17.7. The largest absolute Gasteiger partial charge is 0.435 e. The van der Waals surface area contributed by atoms with Crippen molar-refractivity contribution in [3.05, 3.63) is 63.2 Å². The highest BCUT2D eigenvalue weighted by Gasteiger charge is 2.10. The Bertz CT molecular complexity index is 1090. The highest BCUT2D eigenvalue weighted by atomic mass is 32.1. The van der Waals surface area contributed by atoms with Crippen LogP contribution in [0.15, 0.2) is 47.3 Å². The Morgan fingerprint density at radius 1 is 1.23 bits per heavy atom. The third kappa shape index (κ3) is 3.62. The molecule has 9 heteroatoms. The Labute approximate surface area is 151 Å². The highest BCUT2D eigenvalue weighted by molar-refractivity contribution is 7.71. The van der Waals surface area contributed by atoms with E-state index in [4.69, 9.17) is 12.2 Å². The summed E-state index contributed by atoms with van der Waals surface area (Å²) in [4.78, 5) is 27.4. The average Bonchev–Trinajstić information content (AvgIpc) is 2.60. The molecule has 0 aliphatic rings. The lowest BCUT2D eigenvalue weighted by molar-refractivity contribution is -0.0498. The normalized spacial score (nSPS) is 10.9. The summed E-state index contributed by atoms with van der Waals surface area (Å²) in [5, 5.41) is 3.05. The van der Waals surface area contributed by atoms with Crippen LogP contribution >= 0.6 is 12.2 Å². The van der Waals surface area contributed by atoms with Crippen molar-refractivity contribution in [2.75, 3.05) is 5.32 Å². The predicted molar refractivity (Wildman–Crippen MR) is 95.4 cm³/mol. The van der Waals surface area contributed by atoms with Gasteiger partial charge in [-0.3, -0.25) is 14.2 Å². The molecule has 134 valence electrons. The van der Waals surface area contributed by atoms with Gasteiger partial charge in [0.1, 0.15) is 5.75 Å². The van der Waals surface area contributed by atoms with E-state index in [-0.39, 0.29) is 16.1 Å². The maximum Gasteiger partial charge on any atom is 0.387 e. The van der Waals surface area contributed by atoms with Gasteiger partial charge in [-0.15, -0.1) is 0 Å². The number of fused-ring (bicyclic) bond motifs is 1. The summed E-state index contributed by atoms with van der Waals surface area (Å²) < 4.78 is 30.1. The van der Waals surface area contributed by atoms with Crippen molar-refractivity contribution in [2.45, 2.75) is 6.61 Å². The molecule has 3 aromatic rings. The van der Waals surface area contributed by atoms with Gasteiger partial charge >= 0.3 is 6.61 Å². The fraction of sp³-hybridized carbons (Fsp3) is 0.118. The summed E-state index contributed by atoms with van der Waals surface area (Å²) in [5.41, 5.74) is 0.912. The maximum absolute atomic E-state index is 12.4. The third-order valence-corrected chi connectivity index (χ3v) is 4.08. The van der Waals surface area contributed by atoms with E-state index in [2.05, 4.69) is 15.0 Å². The number of carbonyl (C=O) groups excluding carboxylic acids is 1. The molecule has 26 heavy (non-hydrogen) atoms. The monoisotopic (exact) mass is 377 g/mol. The van der Waals surface area contributed by atoms with Crippen LogP contribution < -0.4 is 15.6 Å². The van der Waals surface area contributed by atoms with Gasteiger partial charge in [0.25, 0.3) is 11.5 Å². The summed E-state index contributed by atoms with van der Waals surface area (Å²) in [6.45, 7) is -2.91. The molecule has 0 bridgehead atoms. The molecule has 6 nitrogen and oxygen atoms in total. The number of nitrogens with zero attached hydrogens (tertiary/aromatic N) is 1. The van der Waals surface area contributed by atoms with Gasteiger partial charge in [0.15, 0.2) is 4.77 Å². The minimum atomic E-state index is -2.91. The van der Waals surface area contributed by atoms with E-state index in [0.717, 1.165) is 0 Å². The number of anilines is 1. The number of aromatic amines is 1. The van der Waals surface area contributed by atoms with Crippen LogP contribution in [0.5, 0.6) is 5.75 Å². The molecule has 0 aliphatic carbocycles. The smallest absolute Gasteiger partial charge is 0.387 e. The topological polar surface area (TPSA) is 76.1 Å². The van der Waals surface area contributed by atoms with Crippen molar-refractivity contribution in [3.63, 3.8) is 0 Å². The van der Waals surface area contributed by atoms with E-state index in [1.807, 2.05) is 0 Å². The molecule has 0 unspecified atom stereocenters. The minimum Gasteiger partial charge on any atom is -0.435 e. The van der Waals surface area contributed by atoms with Crippen LogP contribution in [0.3, 0.4) is 0 Å². The maximum atomic E-state index is 12.4. The van der Waals surface area contributed by atoms with Gasteiger partial charge in [-0.25, -0.2) is 0 Å². The summed E-state index contributed by atoms with van der Waals surface area (Å²) >= 11 is 5.07. The molecule has 2 aromatic carbocycles. The van der Waals surface area contributed by atoms with Crippen molar-refractivity contribution in [1.82, 2.24) is 9.55 Å². The fourth-order valence-electron chi connectivity index (χ4n) is 2.37. The number of hydrogen-bond acceptors (Lipinski definition) is 4. The van der Waals surface area contributed by atoms with Crippen molar-refractivity contribution >= 4 is 34.7 Å². The number of ether oxygens (including phenoxy) is 1. The average molecular weight is 377 g/mol. The number of hydrogen-bond donors (Lipinski definition) is 2. The summed E-state index contributed by atoms with van der Waals surface area (Å²) in [6, 6.07) is 10.1. The van der Waals surface area contributed by atoms with E-state index in [1.165, 1.54) is 47.0 Å². The molecule has 0 saturated carbocycles. The zero-order valence-electron chi connectivity index (χ0n) is 13.5. The Morgan fingerprint density at radius 3 is 2.58 bits per heavy atom. The van der Waals surface area contributed by atoms with E-state index in [1.54, 1.807) is 7.05 Å². The van der Waals surface area contributed by atoms with Gasteiger partial charge in [0, 0.05) is 18.3 Å². The number of alkyl halides is 2. The molecular formula is C17H13F2N3O3S. The van der Waals surface area contributed by atoms with Gasteiger partial charge in [-0.05, 0) is 54.7 Å². The Hall–Kier alpha value is -3.07. The van der Waals surface area contributed by atoms with Crippen molar-refractivity contribution in [2.24, 2.45) is 7.05 Å². The van der Waals surface area contributed by atoms with Crippen LogP contribution in [0.2, 0.25) is 0 Å². The Kier molecular flexibility index (Phi) is 4.81. The van der Waals surface area contributed by atoms with Gasteiger partial charge < -0.3 is 15.0 Å². The number of H-pyrrole nitrogens is 1. The van der Waals surface area contributed by atoms with E-state index >= 15 is 0 Å². The molecule has 0 aliphatic heterocycles. The number of carbonyl (C=O) groups is 1. The molecule has 1 aromatic heterocycles. The standard InChI is InChI=1S/C17H13F2N3O3S/c1-22-15(24)12-7-2-9(8-13(12)21-17(22)26)14(23)20-10-3-5-11(6-4-10)25-16(18)19/h2-8,16H,1H3,(H,20,23)(H,21,26). The zero-order valence-corrected chi connectivity index (χ0v) is 14.3. The first-order valence-electron chi connectivity index (χ1n) is 7.44. The summed E-state index contributed by atoms with van der Waals surface area (Å²) in [6.07, 6.45) is 0. The van der Waals surface area contributed by atoms with Crippen LogP contribution in [-0.4, -0.2) is 22.1 Å². The van der Waals surface area contributed by atoms with Gasteiger partial charge in [0.2, 0.25) is 0 Å². The van der Waals surface area contributed by atoms with E-state index < -0.39 is 12.5 Å². The van der Waals surface area contributed by atoms with Gasteiger partial charge in [-0.2, -0.15) is 8.78 Å².